The number of hydrogen-bond acceptors (Lipinski definition) is 2. The number of fused-ring (bicyclic) bond motifs is 1. The van der Waals surface area contributed by atoms with E-state index in [0.717, 1.165) is 17.1 Å². The van der Waals surface area contributed by atoms with Crippen LogP contribution in [0.1, 0.15) is 27.2 Å². The average Bonchev–Trinajstić information content (AvgIpc) is 2.32. The molecule has 0 N–H and O–H groups in total. The summed E-state index contributed by atoms with van der Waals surface area (Å²) in [6, 6.07) is 5.55. The Morgan fingerprint density at radius 1 is 1.41 bits per heavy atom. The molecule has 1 aliphatic rings. The summed E-state index contributed by atoms with van der Waals surface area (Å²) in [7, 11) is 0. The Kier molecular flexibility index (Phi) is 3.20. The molecule has 0 spiro atoms. The molecule has 1 heterocycles. The lowest BCUT2D eigenvalue weighted by Crippen LogP contribution is -2.37. The summed E-state index contributed by atoms with van der Waals surface area (Å²) < 4.78 is 0. The van der Waals surface area contributed by atoms with Gasteiger partial charge < -0.3 is 4.90 Å². The van der Waals surface area contributed by atoms with Gasteiger partial charge in [0.05, 0.1) is 17.8 Å². The van der Waals surface area contributed by atoms with Crippen LogP contribution in [-0.2, 0) is 4.79 Å². The summed E-state index contributed by atoms with van der Waals surface area (Å²) in [5, 5.41) is 0.622. The van der Waals surface area contributed by atoms with Gasteiger partial charge in [0.15, 0.2) is 0 Å². The highest BCUT2D eigenvalue weighted by Crippen LogP contribution is 2.35. The van der Waals surface area contributed by atoms with Gasteiger partial charge in [0.2, 0.25) is 5.91 Å². The molecule has 1 aliphatic heterocycles. The minimum Gasteiger partial charge on any atom is -0.307 e. The van der Waals surface area contributed by atoms with E-state index in [1.807, 2.05) is 26.8 Å². The molecule has 0 aromatic heterocycles. The van der Waals surface area contributed by atoms with E-state index >= 15 is 0 Å². The van der Waals surface area contributed by atoms with E-state index in [1.54, 1.807) is 17.0 Å². The summed E-state index contributed by atoms with van der Waals surface area (Å²) in [6.07, 6.45) is 0.366. The number of amides is 1. The lowest BCUT2D eigenvalue weighted by Gasteiger charge is -2.26. The fraction of sp³-hybridized carbons (Fsp3) is 0.385. The van der Waals surface area contributed by atoms with Gasteiger partial charge in [0, 0.05) is 16.8 Å². The number of halogens is 1. The van der Waals surface area contributed by atoms with Crippen LogP contribution in [0.15, 0.2) is 23.2 Å². The lowest BCUT2D eigenvalue weighted by molar-refractivity contribution is -0.117. The number of rotatable bonds is 1. The average molecular weight is 251 g/mol. The first-order valence-corrected chi connectivity index (χ1v) is 6.02. The molecule has 4 heteroatoms. The number of nitrogens with zero attached hydrogens (tertiary/aromatic N) is 2. The molecule has 0 bridgehead atoms. The molecule has 1 amide bonds. The van der Waals surface area contributed by atoms with Crippen LogP contribution in [-0.4, -0.2) is 17.7 Å². The van der Waals surface area contributed by atoms with Crippen molar-refractivity contribution < 1.29 is 4.79 Å². The monoisotopic (exact) mass is 250 g/mol. The highest BCUT2D eigenvalue weighted by atomic mass is 35.5. The molecule has 0 saturated heterocycles. The van der Waals surface area contributed by atoms with Crippen molar-refractivity contribution in [2.24, 2.45) is 4.99 Å². The lowest BCUT2D eigenvalue weighted by atomic mass is 10.2. The second kappa shape index (κ2) is 4.49. The fourth-order valence-corrected chi connectivity index (χ4v) is 2.20. The van der Waals surface area contributed by atoms with Crippen LogP contribution in [0.25, 0.3) is 0 Å². The van der Waals surface area contributed by atoms with Gasteiger partial charge >= 0.3 is 0 Å². The number of benzene rings is 1. The summed E-state index contributed by atoms with van der Waals surface area (Å²) in [5.41, 5.74) is 2.45. The third-order valence-corrected chi connectivity index (χ3v) is 2.94. The zero-order chi connectivity index (χ0) is 12.6. The molecular formula is C13H15ClN2O. The summed E-state index contributed by atoms with van der Waals surface area (Å²) in [6.45, 7) is 5.85. The maximum atomic E-state index is 12.1. The predicted octanol–water partition coefficient (Wildman–Crippen LogP) is 3.58. The van der Waals surface area contributed by atoms with Crippen LogP contribution in [0.4, 0.5) is 11.4 Å². The topological polar surface area (TPSA) is 32.7 Å². The van der Waals surface area contributed by atoms with E-state index in [9.17, 15) is 4.79 Å². The van der Waals surface area contributed by atoms with Crippen molar-refractivity contribution in [2.75, 3.05) is 4.90 Å². The zero-order valence-electron chi connectivity index (χ0n) is 10.2. The number of carbonyl (C=O) groups excluding carboxylic acids is 1. The molecule has 0 aliphatic carbocycles. The Bertz CT molecular complexity index is 494. The largest absolute Gasteiger partial charge is 0.307 e. The van der Waals surface area contributed by atoms with E-state index < -0.39 is 0 Å². The molecule has 1 aromatic carbocycles. The molecule has 0 unspecified atom stereocenters. The molecule has 1 aromatic rings. The number of anilines is 1. The third kappa shape index (κ3) is 2.34. The highest BCUT2D eigenvalue weighted by molar-refractivity contribution is 6.31. The Labute approximate surface area is 106 Å². The van der Waals surface area contributed by atoms with Gasteiger partial charge in [-0.2, -0.15) is 0 Å². The van der Waals surface area contributed by atoms with Crippen molar-refractivity contribution in [3.8, 4) is 0 Å². The van der Waals surface area contributed by atoms with Crippen molar-refractivity contribution in [3.05, 3.63) is 23.2 Å². The number of aliphatic imine (C=N–C) groups is 1. The summed E-state index contributed by atoms with van der Waals surface area (Å²) in [4.78, 5) is 18.4. The van der Waals surface area contributed by atoms with E-state index in [0.29, 0.717) is 11.4 Å². The Hall–Kier alpha value is -1.35. The molecular weight excluding hydrogens is 236 g/mol. The molecule has 90 valence electrons. The van der Waals surface area contributed by atoms with Crippen molar-refractivity contribution in [3.63, 3.8) is 0 Å². The quantitative estimate of drug-likeness (QED) is 0.750. The number of hydrogen-bond donors (Lipinski definition) is 0. The normalized spacial score (nSPS) is 15.7. The van der Waals surface area contributed by atoms with Gasteiger partial charge in [0.1, 0.15) is 0 Å². The van der Waals surface area contributed by atoms with E-state index in [-0.39, 0.29) is 11.9 Å². The number of carbonyl (C=O) groups is 1. The van der Waals surface area contributed by atoms with Crippen molar-refractivity contribution in [1.82, 2.24) is 0 Å². The molecule has 0 atom stereocenters. The Morgan fingerprint density at radius 2 is 2.12 bits per heavy atom. The van der Waals surface area contributed by atoms with Crippen LogP contribution in [0.3, 0.4) is 0 Å². The minimum absolute atomic E-state index is 0.0715. The Balaban J connectivity index is 2.61. The predicted molar refractivity (Wildman–Crippen MR) is 71.5 cm³/mol. The summed E-state index contributed by atoms with van der Waals surface area (Å²) in [5.74, 6) is 0.0715. The van der Waals surface area contributed by atoms with Crippen LogP contribution < -0.4 is 4.90 Å². The fourth-order valence-electron chi connectivity index (χ4n) is 2.03. The molecule has 0 fully saturated rings. The molecule has 0 saturated carbocycles. The van der Waals surface area contributed by atoms with E-state index in [1.165, 1.54) is 0 Å². The van der Waals surface area contributed by atoms with Crippen molar-refractivity contribution in [1.29, 1.82) is 0 Å². The summed E-state index contributed by atoms with van der Waals surface area (Å²) >= 11 is 6.00. The Morgan fingerprint density at radius 3 is 2.76 bits per heavy atom. The molecule has 17 heavy (non-hydrogen) atoms. The van der Waals surface area contributed by atoms with Gasteiger partial charge in [0.25, 0.3) is 0 Å². The van der Waals surface area contributed by atoms with Crippen LogP contribution in [0, 0.1) is 0 Å². The van der Waals surface area contributed by atoms with E-state index in [2.05, 4.69) is 4.99 Å². The maximum Gasteiger partial charge on any atom is 0.232 e. The van der Waals surface area contributed by atoms with Gasteiger partial charge in [-0.05, 0) is 39.0 Å². The van der Waals surface area contributed by atoms with Crippen LogP contribution in [0.2, 0.25) is 5.02 Å². The molecule has 3 nitrogen and oxygen atoms in total. The van der Waals surface area contributed by atoms with Gasteiger partial charge in [-0.15, -0.1) is 0 Å². The molecule has 2 rings (SSSR count). The van der Waals surface area contributed by atoms with Crippen molar-refractivity contribution >= 4 is 34.6 Å². The van der Waals surface area contributed by atoms with Gasteiger partial charge in [-0.25, -0.2) is 0 Å². The smallest absolute Gasteiger partial charge is 0.232 e. The highest BCUT2D eigenvalue weighted by Gasteiger charge is 2.25. The second-order valence-corrected chi connectivity index (χ2v) is 4.95. The van der Waals surface area contributed by atoms with Crippen LogP contribution in [0.5, 0.6) is 0 Å². The SMILES string of the molecule is CC1=Nc2ccc(Cl)cc2N(C(C)C)C(=O)C1. The second-order valence-electron chi connectivity index (χ2n) is 4.51. The minimum atomic E-state index is 0.0715. The molecule has 0 radical (unpaired) electrons. The van der Waals surface area contributed by atoms with Gasteiger partial charge in [-0.3, -0.25) is 9.79 Å². The third-order valence-electron chi connectivity index (χ3n) is 2.70. The maximum absolute atomic E-state index is 12.1. The first-order valence-electron chi connectivity index (χ1n) is 5.65. The zero-order valence-corrected chi connectivity index (χ0v) is 11.0. The van der Waals surface area contributed by atoms with E-state index in [4.69, 9.17) is 11.6 Å². The standard InChI is InChI=1S/C13H15ClN2O/c1-8(2)16-12-7-10(14)4-5-11(12)15-9(3)6-13(16)17/h4-5,7-8H,6H2,1-3H3. The van der Waals surface area contributed by atoms with Crippen LogP contribution >= 0.6 is 11.6 Å². The van der Waals surface area contributed by atoms with Gasteiger partial charge in [-0.1, -0.05) is 11.6 Å². The first kappa shape index (κ1) is 12.1. The first-order chi connectivity index (χ1) is 7.99. The van der Waals surface area contributed by atoms with Crippen molar-refractivity contribution in [2.45, 2.75) is 33.2 Å².